The summed E-state index contributed by atoms with van der Waals surface area (Å²) in [5.74, 6) is -0.145. The summed E-state index contributed by atoms with van der Waals surface area (Å²) in [7, 11) is 1.60. The van der Waals surface area contributed by atoms with Crippen molar-refractivity contribution in [3.8, 4) is 0 Å². The van der Waals surface area contributed by atoms with Crippen LogP contribution in [0.1, 0.15) is 43.4 Å². The highest BCUT2D eigenvalue weighted by atomic mass is 16.6. The van der Waals surface area contributed by atoms with Gasteiger partial charge < -0.3 is 9.64 Å². The van der Waals surface area contributed by atoms with Crippen molar-refractivity contribution in [3.05, 3.63) is 23.8 Å². The fraction of sp³-hybridized carbons (Fsp3) is 0.571. The van der Waals surface area contributed by atoms with Crippen molar-refractivity contribution in [2.45, 2.75) is 39.7 Å². The van der Waals surface area contributed by atoms with Gasteiger partial charge in [0.2, 0.25) is 0 Å². The van der Waals surface area contributed by atoms with Gasteiger partial charge in [0.05, 0.1) is 11.9 Å². The van der Waals surface area contributed by atoms with Crippen molar-refractivity contribution in [2.24, 2.45) is 0 Å². The fourth-order valence-corrected chi connectivity index (χ4v) is 1.37. The lowest BCUT2D eigenvalue weighted by molar-refractivity contribution is 0.0298. The van der Waals surface area contributed by atoms with E-state index < -0.39 is 11.7 Å². The monoisotopic (exact) mass is 279 g/mol. The molecular weight excluding hydrogens is 258 g/mol. The summed E-state index contributed by atoms with van der Waals surface area (Å²) >= 11 is 0. The van der Waals surface area contributed by atoms with Gasteiger partial charge in [0.25, 0.3) is 0 Å². The molecule has 1 amide bonds. The van der Waals surface area contributed by atoms with Gasteiger partial charge in [-0.15, -0.1) is 0 Å². The second kappa shape index (κ2) is 6.45. The fourth-order valence-electron chi connectivity index (χ4n) is 1.37. The first-order valence-corrected chi connectivity index (χ1v) is 6.45. The van der Waals surface area contributed by atoms with Gasteiger partial charge in [0.15, 0.2) is 5.78 Å². The van der Waals surface area contributed by atoms with Crippen molar-refractivity contribution < 1.29 is 14.3 Å². The first-order chi connectivity index (χ1) is 9.19. The molecule has 0 bridgehead atoms. The van der Waals surface area contributed by atoms with E-state index in [2.05, 4.69) is 9.97 Å². The maximum absolute atomic E-state index is 11.9. The van der Waals surface area contributed by atoms with Gasteiger partial charge >= 0.3 is 6.09 Å². The average molecular weight is 279 g/mol. The molecule has 0 atom stereocenters. The molecule has 1 rings (SSSR count). The molecule has 1 aromatic heterocycles. The average Bonchev–Trinajstić information content (AvgIpc) is 2.34. The molecule has 1 heterocycles. The summed E-state index contributed by atoms with van der Waals surface area (Å²) < 4.78 is 5.20. The highest BCUT2D eigenvalue weighted by Gasteiger charge is 2.20. The van der Waals surface area contributed by atoms with Gasteiger partial charge in [-0.2, -0.15) is 0 Å². The summed E-state index contributed by atoms with van der Waals surface area (Å²) in [5, 5.41) is 0. The number of ketones is 1. The Balaban J connectivity index is 2.48. The standard InChI is InChI=1S/C14H21N3O3/c1-10-8-16-11(9-15-10)12(18)6-7-17(5)13(19)20-14(2,3)4/h8-9H,6-7H2,1-5H3. The third-order valence-electron chi connectivity index (χ3n) is 2.45. The largest absolute Gasteiger partial charge is 0.444 e. The smallest absolute Gasteiger partial charge is 0.410 e. The van der Waals surface area contributed by atoms with E-state index in [1.54, 1.807) is 40.9 Å². The summed E-state index contributed by atoms with van der Waals surface area (Å²) in [5.41, 5.74) is 0.526. The van der Waals surface area contributed by atoms with E-state index in [1.807, 2.05) is 0 Å². The van der Waals surface area contributed by atoms with Crippen LogP contribution in [0.3, 0.4) is 0 Å². The number of carbonyl (C=O) groups excluding carboxylic acids is 2. The highest BCUT2D eigenvalue weighted by Crippen LogP contribution is 2.09. The molecule has 0 unspecified atom stereocenters. The lowest BCUT2D eigenvalue weighted by Crippen LogP contribution is -2.35. The van der Waals surface area contributed by atoms with Crippen LogP contribution in [0.4, 0.5) is 4.79 Å². The van der Waals surface area contributed by atoms with Crippen molar-refractivity contribution in [2.75, 3.05) is 13.6 Å². The Morgan fingerprint density at radius 2 is 1.90 bits per heavy atom. The van der Waals surface area contributed by atoms with Crippen LogP contribution in [0.15, 0.2) is 12.4 Å². The van der Waals surface area contributed by atoms with Gasteiger partial charge in [-0.3, -0.25) is 9.78 Å². The van der Waals surface area contributed by atoms with Gasteiger partial charge in [-0.1, -0.05) is 0 Å². The normalized spacial score (nSPS) is 11.1. The van der Waals surface area contributed by atoms with E-state index in [1.165, 1.54) is 11.1 Å². The number of carbonyl (C=O) groups is 2. The molecule has 0 N–H and O–H groups in total. The molecule has 0 aliphatic carbocycles. The molecule has 0 aliphatic heterocycles. The third kappa shape index (κ3) is 5.34. The molecule has 0 aliphatic rings. The molecule has 0 fully saturated rings. The Labute approximate surface area is 119 Å². The molecule has 1 aromatic rings. The van der Waals surface area contributed by atoms with Gasteiger partial charge in [0, 0.05) is 26.2 Å². The minimum absolute atomic E-state index is 0.145. The van der Waals surface area contributed by atoms with E-state index in [-0.39, 0.29) is 18.7 Å². The van der Waals surface area contributed by atoms with Crippen molar-refractivity contribution in [1.29, 1.82) is 0 Å². The van der Waals surface area contributed by atoms with Crippen LogP contribution in [0, 0.1) is 6.92 Å². The topological polar surface area (TPSA) is 72.4 Å². The van der Waals surface area contributed by atoms with Crippen LogP contribution in [-0.2, 0) is 4.74 Å². The summed E-state index contributed by atoms with van der Waals surface area (Å²) in [6, 6.07) is 0. The Hall–Kier alpha value is -1.98. The first kappa shape index (κ1) is 16.1. The Morgan fingerprint density at radius 3 is 2.40 bits per heavy atom. The Kier molecular flexibility index (Phi) is 5.19. The number of nitrogens with zero attached hydrogens (tertiary/aromatic N) is 3. The summed E-state index contributed by atoms with van der Waals surface area (Å²) in [4.78, 5) is 33.0. The molecule has 0 radical (unpaired) electrons. The summed E-state index contributed by atoms with van der Waals surface area (Å²) in [6.07, 6.45) is 2.74. The van der Waals surface area contributed by atoms with Crippen molar-refractivity contribution >= 4 is 11.9 Å². The van der Waals surface area contributed by atoms with Crippen molar-refractivity contribution in [3.63, 3.8) is 0 Å². The predicted molar refractivity (Wildman–Crippen MR) is 74.6 cm³/mol. The zero-order valence-electron chi connectivity index (χ0n) is 12.6. The minimum Gasteiger partial charge on any atom is -0.444 e. The van der Waals surface area contributed by atoms with E-state index in [0.717, 1.165) is 5.69 Å². The lowest BCUT2D eigenvalue weighted by atomic mass is 10.2. The van der Waals surface area contributed by atoms with Crippen LogP contribution in [0.2, 0.25) is 0 Å². The number of aryl methyl sites for hydroxylation is 1. The maximum Gasteiger partial charge on any atom is 0.410 e. The van der Waals surface area contributed by atoms with Gasteiger partial charge in [-0.25, -0.2) is 9.78 Å². The van der Waals surface area contributed by atoms with Crippen LogP contribution in [0.25, 0.3) is 0 Å². The molecule has 6 heteroatoms. The molecular formula is C14H21N3O3. The zero-order valence-corrected chi connectivity index (χ0v) is 12.6. The molecule has 20 heavy (non-hydrogen) atoms. The number of hydrogen-bond donors (Lipinski definition) is 0. The number of Topliss-reactive ketones (excluding diaryl/α,β-unsaturated/α-hetero) is 1. The van der Waals surface area contributed by atoms with Crippen LogP contribution in [0.5, 0.6) is 0 Å². The summed E-state index contributed by atoms with van der Waals surface area (Å²) in [6.45, 7) is 7.48. The number of hydrogen-bond acceptors (Lipinski definition) is 5. The van der Waals surface area contributed by atoms with Gasteiger partial charge in [-0.05, 0) is 27.7 Å². The number of aromatic nitrogens is 2. The molecule has 0 saturated carbocycles. The molecule has 6 nitrogen and oxygen atoms in total. The van der Waals surface area contributed by atoms with E-state index in [4.69, 9.17) is 4.74 Å². The predicted octanol–water partition coefficient (Wildman–Crippen LogP) is 2.22. The second-order valence-corrected chi connectivity index (χ2v) is 5.62. The maximum atomic E-state index is 11.9. The Morgan fingerprint density at radius 1 is 1.25 bits per heavy atom. The molecule has 0 saturated heterocycles. The van der Waals surface area contributed by atoms with E-state index >= 15 is 0 Å². The van der Waals surface area contributed by atoms with E-state index in [0.29, 0.717) is 5.69 Å². The van der Waals surface area contributed by atoms with Crippen molar-refractivity contribution in [1.82, 2.24) is 14.9 Å². The SMILES string of the molecule is Cc1cnc(C(=O)CCN(C)C(=O)OC(C)(C)C)cn1. The lowest BCUT2D eigenvalue weighted by Gasteiger charge is -2.24. The third-order valence-corrected chi connectivity index (χ3v) is 2.45. The van der Waals surface area contributed by atoms with Crippen LogP contribution >= 0.6 is 0 Å². The molecule has 110 valence electrons. The number of ether oxygens (including phenoxy) is 1. The first-order valence-electron chi connectivity index (χ1n) is 6.45. The molecule has 0 spiro atoms. The minimum atomic E-state index is -0.544. The highest BCUT2D eigenvalue weighted by molar-refractivity contribution is 5.94. The second-order valence-electron chi connectivity index (χ2n) is 5.62. The van der Waals surface area contributed by atoms with Gasteiger partial charge in [0.1, 0.15) is 11.3 Å². The zero-order chi connectivity index (χ0) is 15.3. The number of rotatable bonds is 4. The van der Waals surface area contributed by atoms with Crippen LogP contribution < -0.4 is 0 Å². The quantitative estimate of drug-likeness (QED) is 0.790. The molecule has 0 aromatic carbocycles. The Bertz CT molecular complexity index is 477. The number of amides is 1. The van der Waals surface area contributed by atoms with E-state index in [9.17, 15) is 9.59 Å². The van der Waals surface area contributed by atoms with Crippen LogP contribution in [-0.4, -0.2) is 45.9 Å².